The predicted octanol–water partition coefficient (Wildman–Crippen LogP) is 6.93. The number of aromatic nitrogens is 3. The molecule has 0 saturated carbocycles. The number of anilines is 2. The third-order valence-electron chi connectivity index (χ3n) is 7.70. The highest BCUT2D eigenvalue weighted by Crippen LogP contribution is 2.36. The maximum absolute atomic E-state index is 14.3. The van der Waals surface area contributed by atoms with E-state index in [1.807, 2.05) is 45.4 Å². The molecule has 0 bridgehead atoms. The monoisotopic (exact) mass is 642 g/mol. The van der Waals surface area contributed by atoms with Gasteiger partial charge in [-0.3, -0.25) is 9.59 Å². The Balaban J connectivity index is 1.51. The molecule has 1 aliphatic heterocycles. The lowest BCUT2D eigenvalue weighted by molar-refractivity contribution is -0.128. The zero-order chi connectivity index (χ0) is 32.0. The van der Waals surface area contributed by atoms with Crippen molar-refractivity contribution in [1.29, 1.82) is 0 Å². The number of hydrogen-bond donors (Lipinski definition) is 2. The van der Waals surface area contributed by atoms with Gasteiger partial charge in [-0.15, -0.1) is 0 Å². The zero-order valence-corrected chi connectivity index (χ0v) is 26.7. The van der Waals surface area contributed by atoms with Crippen LogP contribution < -0.4 is 15.5 Å². The SMILES string of the molecule is Cc1cccc(NC(=O)c2cc3nc(Cc4c(Cl)ccc(CNC(=O)C(C)(C)C)c4Cl)n(C)c3cc2N2CCC(F)(F)C2)n1. The van der Waals surface area contributed by atoms with E-state index in [2.05, 4.69) is 15.6 Å². The standard InChI is InChI=1S/C32H34Cl2F2N6O2/c1-18-7-6-8-26(38-18)40-29(43)21-13-23-25(15-24(21)42-12-11-32(35,36)17-42)41(5)27(39-23)14-20-22(33)10-9-19(28(20)34)16-37-30(44)31(2,3)4/h6-10,13,15H,11-12,14,16-17H2,1-5H3,(H,37,44)(H,38,40,43). The normalized spacial score (nSPS) is 14.7. The molecule has 4 aromatic rings. The van der Waals surface area contributed by atoms with E-state index in [0.29, 0.717) is 49.5 Å². The van der Waals surface area contributed by atoms with Crippen molar-refractivity contribution in [3.05, 3.63) is 80.7 Å². The molecule has 8 nitrogen and oxygen atoms in total. The topological polar surface area (TPSA) is 92.2 Å². The summed E-state index contributed by atoms with van der Waals surface area (Å²) >= 11 is 13.4. The van der Waals surface area contributed by atoms with Gasteiger partial charge in [-0.25, -0.2) is 18.7 Å². The average Bonchev–Trinajstić information content (AvgIpc) is 3.46. The number of hydrogen-bond acceptors (Lipinski definition) is 5. The van der Waals surface area contributed by atoms with Crippen molar-refractivity contribution < 1.29 is 18.4 Å². The number of pyridine rings is 1. The van der Waals surface area contributed by atoms with E-state index < -0.39 is 23.8 Å². The van der Waals surface area contributed by atoms with Gasteiger partial charge in [0.2, 0.25) is 5.91 Å². The Kier molecular flexibility index (Phi) is 8.61. The van der Waals surface area contributed by atoms with Gasteiger partial charge in [-0.1, -0.05) is 56.1 Å². The minimum Gasteiger partial charge on any atom is -0.365 e. The maximum Gasteiger partial charge on any atom is 0.266 e. The van der Waals surface area contributed by atoms with Gasteiger partial charge in [-0.05, 0) is 48.4 Å². The second kappa shape index (κ2) is 12.0. The first kappa shape index (κ1) is 31.7. The lowest BCUT2D eigenvalue weighted by Crippen LogP contribution is -2.34. The van der Waals surface area contributed by atoms with Gasteiger partial charge in [-0.2, -0.15) is 0 Å². The lowest BCUT2D eigenvalue weighted by Gasteiger charge is -2.22. The molecule has 1 fully saturated rings. The fourth-order valence-corrected chi connectivity index (χ4v) is 5.73. The minimum absolute atomic E-state index is 0.106. The van der Waals surface area contributed by atoms with Crippen molar-refractivity contribution in [2.24, 2.45) is 12.5 Å². The van der Waals surface area contributed by atoms with Gasteiger partial charge in [0.1, 0.15) is 11.6 Å². The second-order valence-electron chi connectivity index (χ2n) is 12.2. The molecule has 232 valence electrons. The van der Waals surface area contributed by atoms with E-state index in [4.69, 9.17) is 28.2 Å². The number of fused-ring (bicyclic) bond motifs is 1. The first-order chi connectivity index (χ1) is 20.6. The first-order valence-corrected chi connectivity index (χ1v) is 15.0. The third kappa shape index (κ3) is 6.66. The molecular weight excluding hydrogens is 609 g/mol. The lowest BCUT2D eigenvalue weighted by atomic mass is 9.95. The van der Waals surface area contributed by atoms with Crippen LogP contribution in [0.1, 0.15) is 60.2 Å². The number of imidazole rings is 1. The van der Waals surface area contributed by atoms with Crippen LogP contribution in [0.5, 0.6) is 0 Å². The largest absolute Gasteiger partial charge is 0.365 e. The van der Waals surface area contributed by atoms with Gasteiger partial charge in [0.15, 0.2) is 0 Å². The molecule has 0 spiro atoms. The Hall–Kier alpha value is -3.76. The third-order valence-corrected chi connectivity index (χ3v) is 8.52. The van der Waals surface area contributed by atoms with Crippen molar-refractivity contribution in [2.75, 3.05) is 23.3 Å². The van der Waals surface area contributed by atoms with Gasteiger partial charge in [0.05, 0.1) is 33.9 Å². The summed E-state index contributed by atoms with van der Waals surface area (Å²) in [6.07, 6.45) is -0.0402. The highest BCUT2D eigenvalue weighted by Gasteiger charge is 2.39. The fraction of sp³-hybridized carbons (Fsp3) is 0.375. The van der Waals surface area contributed by atoms with E-state index in [0.717, 1.165) is 5.69 Å². The summed E-state index contributed by atoms with van der Waals surface area (Å²) in [5.74, 6) is -2.47. The summed E-state index contributed by atoms with van der Waals surface area (Å²) < 4.78 is 30.4. The summed E-state index contributed by atoms with van der Waals surface area (Å²) in [6, 6.07) is 12.1. The molecule has 0 aliphatic carbocycles. The smallest absolute Gasteiger partial charge is 0.266 e. The fourth-order valence-electron chi connectivity index (χ4n) is 5.16. The number of aryl methyl sites for hydroxylation is 2. The second-order valence-corrected chi connectivity index (χ2v) is 13.0. The summed E-state index contributed by atoms with van der Waals surface area (Å²) in [4.78, 5) is 36.6. The van der Waals surface area contributed by atoms with Crippen LogP contribution in [0, 0.1) is 12.3 Å². The van der Waals surface area contributed by atoms with Crippen molar-refractivity contribution >= 4 is 57.6 Å². The van der Waals surface area contributed by atoms with Crippen molar-refractivity contribution in [3.63, 3.8) is 0 Å². The Labute approximate surface area is 264 Å². The number of nitrogens with one attached hydrogen (secondary N) is 2. The van der Waals surface area contributed by atoms with Gasteiger partial charge < -0.3 is 20.1 Å². The highest BCUT2D eigenvalue weighted by atomic mass is 35.5. The molecule has 2 amide bonds. The quantitative estimate of drug-likeness (QED) is 0.228. The Bertz CT molecular complexity index is 1770. The summed E-state index contributed by atoms with van der Waals surface area (Å²) in [5, 5.41) is 6.57. The number of rotatable bonds is 7. The van der Waals surface area contributed by atoms with E-state index in [-0.39, 0.29) is 37.4 Å². The Morgan fingerprint density at radius 3 is 2.50 bits per heavy atom. The molecule has 2 aromatic heterocycles. The number of halogens is 4. The molecule has 3 heterocycles. The molecule has 2 N–H and O–H groups in total. The van der Waals surface area contributed by atoms with Gasteiger partial charge >= 0.3 is 0 Å². The van der Waals surface area contributed by atoms with Gasteiger partial charge in [0, 0.05) is 49.1 Å². The predicted molar refractivity (Wildman–Crippen MR) is 170 cm³/mol. The molecule has 0 atom stereocenters. The molecule has 0 radical (unpaired) electrons. The molecule has 44 heavy (non-hydrogen) atoms. The molecule has 5 rings (SSSR count). The number of carbonyl (C=O) groups excluding carboxylic acids is 2. The molecule has 1 aliphatic rings. The van der Waals surface area contributed by atoms with Crippen LogP contribution in [0.15, 0.2) is 42.5 Å². The van der Waals surface area contributed by atoms with Crippen molar-refractivity contribution in [2.45, 2.75) is 53.0 Å². The number of nitrogens with zero attached hydrogens (tertiary/aromatic N) is 4. The Morgan fingerprint density at radius 1 is 1.09 bits per heavy atom. The van der Waals surface area contributed by atoms with Crippen molar-refractivity contribution in [1.82, 2.24) is 19.9 Å². The summed E-state index contributed by atoms with van der Waals surface area (Å²) in [6.45, 7) is 7.16. The van der Waals surface area contributed by atoms with E-state index in [9.17, 15) is 18.4 Å². The number of carbonyl (C=O) groups is 2. The maximum atomic E-state index is 14.3. The van der Waals surface area contributed by atoms with E-state index in [1.54, 1.807) is 36.4 Å². The van der Waals surface area contributed by atoms with Crippen LogP contribution in [-0.2, 0) is 24.8 Å². The van der Waals surface area contributed by atoms with E-state index in [1.165, 1.54) is 4.90 Å². The zero-order valence-electron chi connectivity index (χ0n) is 25.2. The number of benzene rings is 2. The van der Waals surface area contributed by atoms with Crippen LogP contribution in [0.3, 0.4) is 0 Å². The first-order valence-electron chi connectivity index (χ1n) is 14.2. The molecular formula is C32H34Cl2F2N6O2. The molecule has 2 aromatic carbocycles. The minimum atomic E-state index is -2.86. The van der Waals surface area contributed by atoms with Crippen LogP contribution >= 0.6 is 23.2 Å². The van der Waals surface area contributed by atoms with Crippen LogP contribution in [0.2, 0.25) is 10.0 Å². The van der Waals surface area contributed by atoms with Crippen molar-refractivity contribution in [3.8, 4) is 0 Å². The van der Waals surface area contributed by atoms with E-state index >= 15 is 0 Å². The molecule has 0 unspecified atom stereocenters. The summed E-state index contributed by atoms with van der Waals surface area (Å²) in [7, 11) is 1.82. The van der Waals surface area contributed by atoms with Crippen LogP contribution in [0.25, 0.3) is 11.0 Å². The number of alkyl halides is 2. The Morgan fingerprint density at radius 2 is 1.84 bits per heavy atom. The average molecular weight is 644 g/mol. The van der Waals surface area contributed by atoms with Crippen LogP contribution in [-0.4, -0.2) is 45.4 Å². The van der Waals surface area contributed by atoms with Gasteiger partial charge in [0.25, 0.3) is 11.8 Å². The number of amides is 2. The van der Waals surface area contributed by atoms with Crippen LogP contribution in [0.4, 0.5) is 20.3 Å². The summed E-state index contributed by atoms with van der Waals surface area (Å²) in [5.41, 5.74) is 3.31. The molecule has 12 heteroatoms. The molecule has 1 saturated heterocycles. The highest BCUT2D eigenvalue weighted by molar-refractivity contribution is 6.36.